The van der Waals surface area contributed by atoms with Gasteiger partial charge >= 0.3 is 5.97 Å². The molecule has 156 valence electrons. The van der Waals surface area contributed by atoms with Gasteiger partial charge in [-0.15, -0.1) is 0 Å². The first-order valence-electron chi connectivity index (χ1n) is 9.79. The van der Waals surface area contributed by atoms with Gasteiger partial charge in [-0.3, -0.25) is 14.4 Å². The Morgan fingerprint density at radius 2 is 1.54 bits per heavy atom. The van der Waals surface area contributed by atoms with Gasteiger partial charge in [0.1, 0.15) is 0 Å². The van der Waals surface area contributed by atoms with Gasteiger partial charge in [0, 0.05) is 24.2 Å². The van der Waals surface area contributed by atoms with Gasteiger partial charge in [-0.25, -0.2) is 0 Å². The third-order valence-electron chi connectivity index (χ3n) is 4.39. The third kappa shape index (κ3) is 7.33. The van der Waals surface area contributed by atoms with Crippen molar-refractivity contribution in [3.8, 4) is 0 Å². The van der Waals surface area contributed by atoms with Crippen molar-refractivity contribution in [2.75, 3.05) is 13.2 Å². The molecule has 1 aromatic rings. The number of amides is 2. The van der Waals surface area contributed by atoms with Crippen LogP contribution in [0.1, 0.15) is 70.8 Å². The predicted octanol–water partition coefficient (Wildman–Crippen LogP) is 3.29. The van der Waals surface area contributed by atoms with E-state index in [1.165, 1.54) is 0 Å². The van der Waals surface area contributed by atoms with E-state index in [1.54, 1.807) is 17.0 Å². The van der Waals surface area contributed by atoms with Gasteiger partial charge < -0.3 is 15.0 Å². The van der Waals surface area contributed by atoms with Crippen molar-refractivity contribution in [2.45, 2.75) is 72.4 Å². The van der Waals surface area contributed by atoms with E-state index in [4.69, 9.17) is 4.74 Å². The minimum absolute atomic E-state index is 0.0163. The molecule has 0 aliphatic carbocycles. The van der Waals surface area contributed by atoms with Crippen molar-refractivity contribution in [3.05, 3.63) is 35.4 Å². The fourth-order valence-electron chi connectivity index (χ4n) is 2.96. The molecule has 1 rings (SSSR count). The van der Waals surface area contributed by atoms with Crippen molar-refractivity contribution >= 4 is 17.8 Å². The fraction of sp³-hybridized carbons (Fsp3) is 0.591. The molecule has 0 unspecified atom stereocenters. The highest BCUT2D eigenvalue weighted by atomic mass is 16.5. The van der Waals surface area contributed by atoms with Crippen molar-refractivity contribution in [3.63, 3.8) is 0 Å². The molecule has 1 aromatic carbocycles. The summed E-state index contributed by atoms with van der Waals surface area (Å²) in [6, 6.07) is 7.50. The molecule has 0 heterocycles. The Morgan fingerprint density at radius 1 is 1.00 bits per heavy atom. The smallest absolute Gasteiger partial charge is 0.308 e. The van der Waals surface area contributed by atoms with Crippen LogP contribution < -0.4 is 5.32 Å². The van der Waals surface area contributed by atoms with E-state index < -0.39 is 5.97 Å². The molecular formula is C22H34N2O4. The van der Waals surface area contributed by atoms with E-state index in [9.17, 15) is 14.4 Å². The Balaban J connectivity index is 2.41. The molecule has 0 bridgehead atoms. The summed E-state index contributed by atoms with van der Waals surface area (Å²) in [5.41, 5.74) is 1.71. The Morgan fingerprint density at radius 3 is 2.00 bits per heavy atom. The molecule has 0 fully saturated rings. The first kappa shape index (κ1) is 23.7. The molecule has 0 saturated heterocycles. The van der Waals surface area contributed by atoms with Crippen LogP contribution >= 0.6 is 0 Å². The lowest BCUT2D eigenvalue weighted by Gasteiger charge is -2.30. The zero-order chi connectivity index (χ0) is 21.5. The number of nitrogens with one attached hydrogen (secondary N) is 1. The summed E-state index contributed by atoms with van der Waals surface area (Å²) in [6.45, 7) is 13.9. The number of carbonyl (C=O) groups excluding carboxylic acids is 3. The van der Waals surface area contributed by atoms with Crippen LogP contribution in [-0.2, 0) is 19.7 Å². The molecule has 6 nitrogen and oxygen atoms in total. The SMILES string of the molecule is CC(C)N(C(=O)COC(=O)CCNC(=O)c1ccc(C(C)(C)C)cc1)C(C)C. The van der Waals surface area contributed by atoms with Gasteiger partial charge in [0.15, 0.2) is 6.61 Å². The molecule has 6 heteroatoms. The molecule has 0 atom stereocenters. The molecule has 2 amide bonds. The first-order chi connectivity index (χ1) is 12.9. The van der Waals surface area contributed by atoms with Crippen molar-refractivity contribution in [1.82, 2.24) is 10.2 Å². The highest BCUT2D eigenvalue weighted by Crippen LogP contribution is 2.22. The van der Waals surface area contributed by atoms with E-state index in [2.05, 4.69) is 26.1 Å². The van der Waals surface area contributed by atoms with Crippen LogP contribution in [0.2, 0.25) is 0 Å². The number of carbonyl (C=O) groups is 3. The Hall–Kier alpha value is -2.37. The minimum atomic E-state index is -0.510. The number of rotatable bonds is 8. The maximum absolute atomic E-state index is 12.2. The highest BCUT2D eigenvalue weighted by Gasteiger charge is 2.21. The van der Waals surface area contributed by atoms with Gasteiger partial charge in [0.25, 0.3) is 11.8 Å². The molecule has 28 heavy (non-hydrogen) atoms. The second kappa shape index (κ2) is 10.2. The molecule has 0 aromatic heterocycles. The number of ether oxygens (including phenoxy) is 1. The zero-order valence-electron chi connectivity index (χ0n) is 18.2. The number of benzene rings is 1. The standard InChI is InChI=1S/C22H34N2O4/c1-15(2)24(16(3)4)19(25)14-28-20(26)12-13-23-21(27)17-8-10-18(11-9-17)22(5,6)7/h8-11,15-16H,12-14H2,1-7H3,(H,23,27). The number of hydrogen-bond donors (Lipinski definition) is 1. The average Bonchev–Trinajstić information content (AvgIpc) is 2.58. The van der Waals surface area contributed by atoms with Crippen LogP contribution in [0.15, 0.2) is 24.3 Å². The van der Waals surface area contributed by atoms with Gasteiger partial charge in [-0.05, 0) is 50.8 Å². The van der Waals surface area contributed by atoms with Crippen LogP contribution in [0.25, 0.3) is 0 Å². The topological polar surface area (TPSA) is 75.7 Å². The molecular weight excluding hydrogens is 356 g/mol. The fourth-order valence-corrected chi connectivity index (χ4v) is 2.96. The Kier molecular flexibility index (Phi) is 8.66. The predicted molar refractivity (Wildman–Crippen MR) is 110 cm³/mol. The molecule has 0 radical (unpaired) electrons. The third-order valence-corrected chi connectivity index (χ3v) is 4.39. The monoisotopic (exact) mass is 390 g/mol. The molecule has 0 aliphatic rings. The van der Waals surface area contributed by atoms with Gasteiger partial charge in [0.05, 0.1) is 6.42 Å². The summed E-state index contributed by atoms with van der Waals surface area (Å²) >= 11 is 0. The lowest BCUT2D eigenvalue weighted by Crippen LogP contribution is -2.44. The Labute approximate surface area is 168 Å². The zero-order valence-corrected chi connectivity index (χ0v) is 18.2. The number of nitrogens with zero attached hydrogens (tertiary/aromatic N) is 1. The summed E-state index contributed by atoms with van der Waals surface area (Å²) in [7, 11) is 0. The summed E-state index contributed by atoms with van der Waals surface area (Å²) in [5, 5.41) is 2.70. The molecule has 0 aliphatic heterocycles. The van der Waals surface area contributed by atoms with Crippen LogP contribution in [0.4, 0.5) is 0 Å². The second-order valence-corrected chi connectivity index (χ2v) is 8.48. The van der Waals surface area contributed by atoms with Crippen molar-refractivity contribution < 1.29 is 19.1 Å². The molecule has 1 N–H and O–H groups in total. The largest absolute Gasteiger partial charge is 0.456 e. The van der Waals surface area contributed by atoms with Gasteiger partial charge in [-0.1, -0.05) is 32.9 Å². The number of esters is 1. The maximum atomic E-state index is 12.2. The number of hydrogen-bond acceptors (Lipinski definition) is 4. The minimum Gasteiger partial charge on any atom is -0.456 e. The quantitative estimate of drug-likeness (QED) is 0.691. The second-order valence-electron chi connectivity index (χ2n) is 8.48. The normalized spacial score (nSPS) is 11.5. The van der Waals surface area contributed by atoms with E-state index >= 15 is 0 Å². The summed E-state index contributed by atoms with van der Waals surface area (Å²) < 4.78 is 5.04. The van der Waals surface area contributed by atoms with E-state index in [0.717, 1.165) is 5.56 Å². The summed E-state index contributed by atoms with van der Waals surface area (Å²) in [4.78, 5) is 37.9. The van der Waals surface area contributed by atoms with E-state index in [1.807, 2.05) is 39.8 Å². The van der Waals surface area contributed by atoms with Gasteiger partial charge in [-0.2, -0.15) is 0 Å². The summed E-state index contributed by atoms with van der Waals surface area (Å²) in [5.74, 6) is -0.972. The lowest BCUT2D eigenvalue weighted by molar-refractivity contribution is -0.153. The maximum Gasteiger partial charge on any atom is 0.308 e. The summed E-state index contributed by atoms with van der Waals surface area (Å²) in [6.07, 6.45) is 0.0163. The first-order valence-corrected chi connectivity index (χ1v) is 9.79. The van der Waals surface area contributed by atoms with E-state index in [-0.39, 0.29) is 48.9 Å². The molecule has 0 spiro atoms. The lowest BCUT2D eigenvalue weighted by atomic mass is 9.87. The Bertz CT molecular complexity index is 665. The van der Waals surface area contributed by atoms with Crippen LogP contribution in [0.3, 0.4) is 0 Å². The highest BCUT2D eigenvalue weighted by molar-refractivity contribution is 5.94. The van der Waals surface area contributed by atoms with Crippen LogP contribution in [0.5, 0.6) is 0 Å². The average molecular weight is 391 g/mol. The van der Waals surface area contributed by atoms with Crippen molar-refractivity contribution in [1.29, 1.82) is 0 Å². The van der Waals surface area contributed by atoms with Crippen LogP contribution in [-0.4, -0.2) is 47.9 Å². The molecule has 0 saturated carbocycles. The van der Waals surface area contributed by atoms with Crippen molar-refractivity contribution in [2.24, 2.45) is 0 Å². The van der Waals surface area contributed by atoms with E-state index in [0.29, 0.717) is 5.56 Å². The van der Waals surface area contributed by atoms with Gasteiger partial charge in [0.2, 0.25) is 0 Å². The van der Waals surface area contributed by atoms with Crippen LogP contribution in [0, 0.1) is 0 Å².